The van der Waals surface area contributed by atoms with Crippen LogP contribution in [0.3, 0.4) is 0 Å². The van der Waals surface area contributed by atoms with Gasteiger partial charge in [-0.05, 0) is 85.9 Å². The quantitative estimate of drug-likeness (QED) is 0.493. The van der Waals surface area contributed by atoms with Crippen molar-refractivity contribution in [3.05, 3.63) is 23.9 Å². The lowest BCUT2D eigenvalue weighted by atomic mass is 9.68. The molecule has 0 amide bonds. The normalized spacial score (nSPS) is 22.9. The third kappa shape index (κ3) is 7.41. The molecule has 0 radical (unpaired) electrons. The number of piperazine rings is 1. The highest BCUT2D eigenvalue weighted by Crippen LogP contribution is 2.38. The summed E-state index contributed by atoms with van der Waals surface area (Å²) >= 11 is 0. The fraction of sp³-hybridized carbons (Fsp3) is 0.828. The summed E-state index contributed by atoms with van der Waals surface area (Å²) < 4.78 is 11.8. The molecule has 200 valence electrons. The number of aromatic nitrogens is 1. The third-order valence-electron chi connectivity index (χ3n) is 8.21. The standard InChI is InChI=1S/C29H52N4O2/c1-26(2,3)33-15-13-32(14-16-33)25-19-22(11-12-30-25)28(7,8)29(9,10)31-23-20-24(21-23)34-17-18-35-27(4,5)6/h11-12,19,23-24,31H,13-18,20-21H2,1-10H3. The molecule has 6 heteroatoms. The monoisotopic (exact) mass is 488 g/mol. The minimum Gasteiger partial charge on any atom is -0.376 e. The van der Waals surface area contributed by atoms with Crippen LogP contribution in [0.5, 0.6) is 0 Å². The van der Waals surface area contributed by atoms with Crippen molar-refractivity contribution in [2.75, 3.05) is 44.3 Å². The average molecular weight is 489 g/mol. The van der Waals surface area contributed by atoms with Crippen molar-refractivity contribution in [3.63, 3.8) is 0 Å². The van der Waals surface area contributed by atoms with Crippen molar-refractivity contribution in [3.8, 4) is 0 Å². The maximum Gasteiger partial charge on any atom is 0.128 e. The Labute approximate surface area is 215 Å². The van der Waals surface area contributed by atoms with Crippen LogP contribution in [-0.2, 0) is 14.9 Å². The molecule has 0 unspecified atom stereocenters. The van der Waals surface area contributed by atoms with Gasteiger partial charge in [0.25, 0.3) is 0 Å². The highest BCUT2D eigenvalue weighted by atomic mass is 16.5. The number of hydrogen-bond donors (Lipinski definition) is 1. The predicted molar refractivity (Wildman–Crippen MR) is 146 cm³/mol. The van der Waals surface area contributed by atoms with Gasteiger partial charge in [-0.3, -0.25) is 4.90 Å². The van der Waals surface area contributed by atoms with E-state index in [9.17, 15) is 0 Å². The largest absolute Gasteiger partial charge is 0.376 e. The highest BCUT2D eigenvalue weighted by Gasteiger charge is 2.43. The molecule has 6 nitrogen and oxygen atoms in total. The maximum atomic E-state index is 6.02. The Morgan fingerprint density at radius 3 is 2.11 bits per heavy atom. The third-order valence-corrected chi connectivity index (χ3v) is 8.21. The van der Waals surface area contributed by atoms with Crippen LogP contribution in [-0.4, -0.2) is 78.1 Å². The van der Waals surface area contributed by atoms with E-state index in [1.807, 2.05) is 6.20 Å². The minimum absolute atomic E-state index is 0.0512. The maximum absolute atomic E-state index is 6.02. The Hall–Kier alpha value is -1.21. The van der Waals surface area contributed by atoms with Gasteiger partial charge in [-0.15, -0.1) is 0 Å². The molecule has 2 fully saturated rings. The van der Waals surface area contributed by atoms with E-state index in [1.165, 1.54) is 5.56 Å². The van der Waals surface area contributed by atoms with Crippen LogP contribution in [0.4, 0.5) is 5.82 Å². The van der Waals surface area contributed by atoms with Crippen LogP contribution >= 0.6 is 0 Å². The van der Waals surface area contributed by atoms with Crippen molar-refractivity contribution < 1.29 is 9.47 Å². The van der Waals surface area contributed by atoms with Gasteiger partial charge in [-0.2, -0.15) is 0 Å². The first kappa shape index (κ1) is 28.4. The Balaban J connectivity index is 1.53. The second-order valence-electron chi connectivity index (χ2n) is 13.6. The van der Waals surface area contributed by atoms with Crippen molar-refractivity contribution >= 4 is 5.82 Å². The van der Waals surface area contributed by atoms with Gasteiger partial charge in [0, 0.05) is 54.9 Å². The Bertz CT molecular complexity index is 811. The zero-order chi connectivity index (χ0) is 26.1. The van der Waals surface area contributed by atoms with Gasteiger partial charge in [-0.25, -0.2) is 4.98 Å². The summed E-state index contributed by atoms with van der Waals surface area (Å²) in [6.07, 6.45) is 4.46. The SMILES string of the molecule is CC(C)(C)OCCOC1CC(NC(C)(C)C(C)(C)c2ccnc(N3CCN(C(C)(C)C)CC3)c2)C1. The summed E-state index contributed by atoms with van der Waals surface area (Å²) in [5.41, 5.74) is 1.34. The van der Waals surface area contributed by atoms with Crippen molar-refractivity contribution in [2.45, 2.75) is 116 Å². The van der Waals surface area contributed by atoms with E-state index in [2.05, 4.69) is 96.5 Å². The van der Waals surface area contributed by atoms with E-state index in [4.69, 9.17) is 14.5 Å². The first-order chi connectivity index (χ1) is 16.1. The average Bonchev–Trinajstić information content (AvgIpc) is 2.73. The van der Waals surface area contributed by atoms with Crippen LogP contribution in [0.1, 0.15) is 87.6 Å². The van der Waals surface area contributed by atoms with Gasteiger partial charge in [0.15, 0.2) is 0 Å². The smallest absolute Gasteiger partial charge is 0.128 e. The summed E-state index contributed by atoms with van der Waals surface area (Å²) in [4.78, 5) is 9.77. The summed E-state index contributed by atoms with van der Waals surface area (Å²) in [5.74, 6) is 1.11. The van der Waals surface area contributed by atoms with Crippen molar-refractivity contribution in [2.24, 2.45) is 0 Å². The molecular weight excluding hydrogens is 436 g/mol. The summed E-state index contributed by atoms with van der Waals surface area (Å²) in [7, 11) is 0. The topological polar surface area (TPSA) is 49.9 Å². The zero-order valence-electron chi connectivity index (χ0n) is 24.2. The number of nitrogens with one attached hydrogen (secondary N) is 1. The molecule has 1 aromatic rings. The van der Waals surface area contributed by atoms with Gasteiger partial charge in [0.1, 0.15) is 5.82 Å². The molecular formula is C29H52N4O2. The lowest BCUT2D eigenvalue weighted by Crippen LogP contribution is -2.61. The molecule has 1 saturated carbocycles. The second-order valence-corrected chi connectivity index (χ2v) is 13.6. The number of nitrogens with zero attached hydrogens (tertiary/aromatic N) is 3. The Kier molecular flexibility index (Phi) is 8.63. The number of rotatable bonds is 9. The number of hydrogen-bond acceptors (Lipinski definition) is 6. The van der Waals surface area contributed by atoms with Gasteiger partial charge in [-0.1, -0.05) is 13.8 Å². The van der Waals surface area contributed by atoms with Crippen LogP contribution in [0, 0.1) is 0 Å². The van der Waals surface area contributed by atoms with E-state index < -0.39 is 0 Å². The van der Waals surface area contributed by atoms with E-state index in [0.717, 1.165) is 44.8 Å². The molecule has 0 bridgehead atoms. The molecule has 35 heavy (non-hydrogen) atoms. The van der Waals surface area contributed by atoms with E-state index >= 15 is 0 Å². The molecule has 0 atom stereocenters. The molecule has 1 aliphatic carbocycles. The van der Waals surface area contributed by atoms with E-state index in [1.54, 1.807) is 0 Å². The number of anilines is 1. The minimum atomic E-state index is -0.101. The van der Waals surface area contributed by atoms with Gasteiger partial charge < -0.3 is 19.7 Å². The van der Waals surface area contributed by atoms with Gasteiger partial charge >= 0.3 is 0 Å². The molecule has 3 rings (SSSR count). The van der Waals surface area contributed by atoms with Crippen molar-refractivity contribution in [1.29, 1.82) is 0 Å². The van der Waals surface area contributed by atoms with Crippen LogP contribution in [0.25, 0.3) is 0 Å². The Morgan fingerprint density at radius 1 is 0.914 bits per heavy atom. The highest BCUT2D eigenvalue weighted by molar-refractivity contribution is 5.44. The first-order valence-corrected chi connectivity index (χ1v) is 13.6. The van der Waals surface area contributed by atoms with Gasteiger partial charge in [0.05, 0.1) is 24.9 Å². The first-order valence-electron chi connectivity index (χ1n) is 13.6. The fourth-order valence-electron chi connectivity index (χ4n) is 5.02. The molecule has 2 aliphatic rings. The molecule has 1 N–H and O–H groups in total. The fourth-order valence-corrected chi connectivity index (χ4v) is 5.02. The van der Waals surface area contributed by atoms with Crippen LogP contribution in [0.2, 0.25) is 0 Å². The van der Waals surface area contributed by atoms with Crippen LogP contribution in [0.15, 0.2) is 18.3 Å². The Morgan fingerprint density at radius 2 is 1.54 bits per heavy atom. The molecule has 2 heterocycles. The predicted octanol–water partition coefficient (Wildman–Crippen LogP) is 5.01. The van der Waals surface area contributed by atoms with Gasteiger partial charge in [0.2, 0.25) is 0 Å². The van der Waals surface area contributed by atoms with Crippen molar-refractivity contribution in [1.82, 2.24) is 15.2 Å². The lowest BCUT2D eigenvalue weighted by molar-refractivity contribution is -0.0769. The van der Waals surface area contributed by atoms with Crippen LogP contribution < -0.4 is 10.2 Å². The van der Waals surface area contributed by atoms with E-state index in [-0.39, 0.29) is 22.1 Å². The number of ether oxygens (including phenoxy) is 2. The molecule has 1 aromatic heterocycles. The second kappa shape index (κ2) is 10.6. The number of pyridine rings is 1. The summed E-state index contributed by atoms with van der Waals surface area (Å²) in [6, 6.07) is 5.00. The molecule has 1 saturated heterocycles. The summed E-state index contributed by atoms with van der Waals surface area (Å²) in [6.45, 7) is 28.1. The van der Waals surface area contributed by atoms with E-state index in [0.29, 0.717) is 25.4 Å². The summed E-state index contributed by atoms with van der Waals surface area (Å²) in [5, 5.41) is 3.95. The molecule has 1 aliphatic heterocycles. The lowest BCUT2D eigenvalue weighted by Gasteiger charge is -2.49. The zero-order valence-corrected chi connectivity index (χ0v) is 24.2. The molecule has 0 spiro atoms. The molecule has 0 aromatic carbocycles.